The van der Waals surface area contributed by atoms with Crippen LogP contribution in [0, 0.1) is 5.41 Å². The lowest BCUT2D eigenvalue weighted by Gasteiger charge is -2.28. The van der Waals surface area contributed by atoms with Crippen LogP contribution in [0.3, 0.4) is 0 Å². The summed E-state index contributed by atoms with van der Waals surface area (Å²) in [5.74, 6) is -0.249. The van der Waals surface area contributed by atoms with E-state index in [4.69, 9.17) is 11.6 Å². The van der Waals surface area contributed by atoms with E-state index in [9.17, 15) is 13.2 Å². The summed E-state index contributed by atoms with van der Waals surface area (Å²) in [5, 5.41) is 4.66. The third kappa shape index (κ3) is 6.11. The standard InChI is InChI=1S/C24H29ClN2O3S/c1-17(13-14-31(4,29)30)26-23(28)18-9-11-19(12-10-18)27-16-24(2,3)15-22(27)20-7-5-6-8-21(20)25/h5-14,17,22H,15-16H2,1-4H3,(H,26,28)/b14-13+/t17-,22+/m1/s1. The second-order valence-electron chi connectivity index (χ2n) is 9.00. The second kappa shape index (κ2) is 9.05. The third-order valence-electron chi connectivity index (χ3n) is 5.42. The number of nitrogens with zero attached hydrogens (tertiary/aromatic N) is 1. The fourth-order valence-corrected chi connectivity index (χ4v) is 4.75. The number of sulfone groups is 1. The van der Waals surface area contributed by atoms with Crippen molar-refractivity contribution < 1.29 is 13.2 Å². The summed E-state index contributed by atoms with van der Waals surface area (Å²) in [7, 11) is -3.22. The van der Waals surface area contributed by atoms with Gasteiger partial charge >= 0.3 is 0 Å². The number of hydrogen-bond acceptors (Lipinski definition) is 4. The molecule has 1 fully saturated rings. The molecular weight excluding hydrogens is 432 g/mol. The van der Waals surface area contributed by atoms with E-state index in [-0.39, 0.29) is 17.4 Å². The van der Waals surface area contributed by atoms with E-state index >= 15 is 0 Å². The Labute approximate surface area is 190 Å². The zero-order valence-corrected chi connectivity index (χ0v) is 19.9. The molecule has 5 nitrogen and oxygen atoms in total. The zero-order chi connectivity index (χ0) is 22.8. The van der Waals surface area contributed by atoms with Crippen molar-refractivity contribution in [3.05, 3.63) is 76.2 Å². The molecule has 0 unspecified atom stereocenters. The number of nitrogens with one attached hydrogen (secondary N) is 1. The summed E-state index contributed by atoms with van der Waals surface area (Å²) in [6.45, 7) is 7.13. The molecule has 0 aliphatic carbocycles. The molecule has 2 atom stereocenters. The van der Waals surface area contributed by atoms with Gasteiger partial charge in [0.25, 0.3) is 5.91 Å². The van der Waals surface area contributed by atoms with Crippen LogP contribution >= 0.6 is 11.6 Å². The average molecular weight is 461 g/mol. The molecule has 0 spiro atoms. The number of halogens is 1. The maximum absolute atomic E-state index is 12.5. The fraction of sp³-hybridized carbons (Fsp3) is 0.375. The molecule has 1 aliphatic heterocycles. The number of hydrogen-bond donors (Lipinski definition) is 1. The van der Waals surface area contributed by atoms with Gasteiger partial charge in [-0.2, -0.15) is 0 Å². The first kappa shape index (κ1) is 23.4. The number of amides is 1. The van der Waals surface area contributed by atoms with Gasteiger partial charge in [-0.15, -0.1) is 0 Å². The van der Waals surface area contributed by atoms with Crippen molar-refractivity contribution in [2.24, 2.45) is 5.41 Å². The Morgan fingerprint density at radius 3 is 2.45 bits per heavy atom. The van der Waals surface area contributed by atoms with Crippen LogP contribution < -0.4 is 10.2 Å². The van der Waals surface area contributed by atoms with Crippen LogP contribution in [0.1, 0.15) is 49.2 Å². The van der Waals surface area contributed by atoms with Gasteiger partial charge in [0.2, 0.25) is 0 Å². The van der Waals surface area contributed by atoms with Crippen molar-refractivity contribution in [1.29, 1.82) is 0 Å². The van der Waals surface area contributed by atoms with Crippen molar-refractivity contribution in [2.75, 3.05) is 17.7 Å². The van der Waals surface area contributed by atoms with Gasteiger partial charge in [-0.25, -0.2) is 8.42 Å². The molecular formula is C24H29ClN2O3S. The van der Waals surface area contributed by atoms with Gasteiger partial charge in [0, 0.05) is 40.5 Å². The molecule has 0 bridgehead atoms. The van der Waals surface area contributed by atoms with Crippen molar-refractivity contribution in [1.82, 2.24) is 5.32 Å². The second-order valence-corrected chi connectivity index (χ2v) is 11.3. The van der Waals surface area contributed by atoms with Crippen LogP contribution in [0.4, 0.5) is 5.69 Å². The predicted molar refractivity (Wildman–Crippen MR) is 127 cm³/mol. The van der Waals surface area contributed by atoms with Gasteiger partial charge in [-0.05, 0) is 54.7 Å². The largest absolute Gasteiger partial charge is 0.364 e. The van der Waals surface area contributed by atoms with Crippen LogP contribution in [-0.4, -0.2) is 33.2 Å². The molecule has 7 heteroatoms. The first-order valence-electron chi connectivity index (χ1n) is 10.3. The Kier molecular flexibility index (Phi) is 6.82. The van der Waals surface area contributed by atoms with Crippen LogP contribution in [0.2, 0.25) is 5.02 Å². The highest BCUT2D eigenvalue weighted by Gasteiger charge is 2.39. The van der Waals surface area contributed by atoms with E-state index in [1.165, 1.54) is 6.08 Å². The molecule has 1 N–H and O–H groups in total. The molecule has 1 heterocycles. The van der Waals surface area contributed by atoms with Crippen LogP contribution in [0.5, 0.6) is 0 Å². The van der Waals surface area contributed by atoms with Gasteiger partial charge in [0.05, 0.1) is 6.04 Å². The highest BCUT2D eigenvalue weighted by atomic mass is 35.5. The smallest absolute Gasteiger partial charge is 0.251 e. The lowest BCUT2D eigenvalue weighted by molar-refractivity contribution is 0.0947. The molecule has 1 saturated heterocycles. The molecule has 0 saturated carbocycles. The van der Waals surface area contributed by atoms with E-state index in [0.717, 1.165) is 40.9 Å². The van der Waals surface area contributed by atoms with Gasteiger partial charge < -0.3 is 10.2 Å². The first-order valence-corrected chi connectivity index (χ1v) is 12.6. The Morgan fingerprint density at radius 1 is 1.19 bits per heavy atom. The molecule has 1 aliphatic rings. The van der Waals surface area contributed by atoms with Crippen LogP contribution in [0.25, 0.3) is 0 Å². The van der Waals surface area contributed by atoms with E-state index < -0.39 is 15.9 Å². The number of anilines is 1. The summed E-state index contributed by atoms with van der Waals surface area (Å²) in [4.78, 5) is 14.9. The zero-order valence-electron chi connectivity index (χ0n) is 18.3. The van der Waals surface area contributed by atoms with Crippen LogP contribution in [-0.2, 0) is 9.84 Å². The van der Waals surface area contributed by atoms with E-state index in [1.807, 2.05) is 30.3 Å². The van der Waals surface area contributed by atoms with Crippen molar-refractivity contribution in [3.63, 3.8) is 0 Å². The summed E-state index contributed by atoms with van der Waals surface area (Å²) in [6.07, 6.45) is 3.57. The molecule has 0 radical (unpaired) electrons. The Morgan fingerprint density at radius 2 is 1.84 bits per heavy atom. The molecule has 166 valence electrons. The van der Waals surface area contributed by atoms with E-state index in [0.29, 0.717) is 5.56 Å². The topological polar surface area (TPSA) is 66.5 Å². The Balaban J connectivity index is 1.77. The Bertz CT molecular complexity index is 1080. The summed E-state index contributed by atoms with van der Waals surface area (Å²) >= 11 is 6.50. The summed E-state index contributed by atoms with van der Waals surface area (Å²) < 4.78 is 22.5. The van der Waals surface area contributed by atoms with Crippen molar-refractivity contribution in [2.45, 2.75) is 39.3 Å². The molecule has 0 aromatic heterocycles. The predicted octanol–water partition coefficient (Wildman–Crippen LogP) is 4.99. The SMILES string of the molecule is C[C@H](/C=C/S(C)(=O)=O)NC(=O)c1ccc(N2CC(C)(C)C[C@H]2c2ccccc2Cl)cc1. The lowest BCUT2D eigenvalue weighted by Crippen LogP contribution is -2.31. The molecule has 2 aromatic rings. The van der Waals surface area contributed by atoms with E-state index in [2.05, 4.69) is 30.1 Å². The molecule has 3 rings (SSSR count). The number of rotatable bonds is 6. The summed E-state index contributed by atoms with van der Waals surface area (Å²) in [6, 6.07) is 15.2. The maximum Gasteiger partial charge on any atom is 0.251 e. The van der Waals surface area contributed by atoms with Gasteiger partial charge in [-0.3, -0.25) is 4.79 Å². The number of benzene rings is 2. The fourth-order valence-electron chi connectivity index (χ4n) is 3.97. The molecule has 31 heavy (non-hydrogen) atoms. The highest BCUT2D eigenvalue weighted by Crippen LogP contribution is 2.46. The van der Waals surface area contributed by atoms with Gasteiger partial charge in [0.1, 0.15) is 0 Å². The van der Waals surface area contributed by atoms with Crippen molar-refractivity contribution >= 4 is 33.0 Å². The molecule has 2 aromatic carbocycles. The first-order chi connectivity index (χ1) is 14.5. The summed E-state index contributed by atoms with van der Waals surface area (Å²) in [5.41, 5.74) is 2.82. The Hall–Kier alpha value is -2.31. The minimum atomic E-state index is -3.22. The minimum absolute atomic E-state index is 0.140. The third-order valence-corrected chi connectivity index (χ3v) is 6.41. The highest BCUT2D eigenvalue weighted by molar-refractivity contribution is 7.93. The minimum Gasteiger partial charge on any atom is -0.364 e. The van der Waals surface area contributed by atoms with Gasteiger partial charge in [0.15, 0.2) is 9.84 Å². The van der Waals surface area contributed by atoms with Gasteiger partial charge in [-0.1, -0.05) is 49.7 Å². The number of carbonyl (C=O) groups is 1. The maximum atomic E-state index is 12.5. The lowest BCUT2D eigenvalue weighted by atomic mass is 9.89. The normalized spacial score (nSPS) is 19.5. The van der Waals surface area contributed by atoms with Crippen LogP contribution in [0.15, 0.2) is 60.0 Å². The number of carbonyl (C=O) groups excluding carboxylic acids is 1. The quantitative estimate of drug-likeness (QED) is 0.659. The average Bonchev–Trinajstić information content (AvgIpc) is 3.01. The monoisotopic (exact) mass is 460 g/mol. The molecule has 1 amide bonds. The van der Waals surface area contributed by atoms with Crippen molar-refractivity contribution in [3.8, 4) is 0 Å². The van der Waals surface area contributed by atoms with E-state index in [1.54, 1.807) is 19.1 Å².